The Morgan fingerprint density at radius 2 is 2.12 bits per heavy atom. The van der Waals surface area contributed by atoms with Crippen molar-refractivity contribution in [2.45, 2.75) is 12.5 Å². The largest absolute Gasteiger partial charge is 0.500 e. The second-order valence-corrected chi connectivity index (χ2v) is 3.21. The summed E-state index contributed by atoms with van der Waals surface area (Å²) in [5.74, 6) is -0.993. The van der Waals surface area contributed by atoms with Crippen LogP contribution in [0.1, 0.15) is 11.6 Å². The van der Waals surface area contributed by atoms with Gasteiger partial charge in [0.05, 0.1) is 18.1 Å². The highest BCUT2D eigenvalue weighted by Gasteiger charge is 2.25. The number of alkyl halides is 2. The van der Waals surface area contributed by atoms with E-state index in [4.69, 9.17) is 5.73 Å². The van der Waals surface area contributed by atoms with Gasteiger partial charge in [0.25, 0.3) is 6.43 Å². The van der Waals surface area contributed by atoms with E-state index >= 15 is 0 Å². The number of methoxy groups -OCH3 is 1. The monoisotopic (exact) mass is 248 g/mol. The number of nitro groups is 1. The summed E-state index contributed by atoms with van der Waals surface area (Å²) in [5, 5.41) is 20.0. The number of hydrogen-bond donors (Lipinski definition) is 2. The number of nitro benzene ring substituents is 1. The van der Waals surface area contributed by atoms with E-state index in [1.54, 1.807) is 0 Å². The molecule has 1 atom stereocenters. The second kappa shape index (κ2) is 4.91. The zero-order valence-corrected chi connectivity index (χ0v) is 8.76. The first-order chi connectivity index (χ1) is 7.88. The lowest BCUT2D eigenvalue weighted by Gasteiger charge is -2.12. The Balaban J connectivity index is 3.34. The average Bonchev–Trinajstić information content (AvgIpc) is 2.27. The first-order valence-electron chi connectivity index (χ1n) is 4.47. The summed E-state index contributed by atoms with van der Waals surface area (Å²) in [4.78, 5) is 9.69. The van der Waals surface area contributed by atoms with Gasteiger partial charge >= 0.3 is 5.69 Å². The number of hydrogen-bond acceptors (Lipinski definition) is 5. The summed E-state index contributed by atoms with van der Waals surface area (Å²) in [6.07, 6.45) is -2.87. The Kier molecular flexibility index (Phi) is 3.79. The van der Waals surface area contributed by atoms with Gasteiger partial charge in [-0.25, -0.2) is 8.78 Å². The van der Waals surface area contributed by atoms with Crippen molar-refractivity contribution in [3.8, 4) is 11.5 Å². The number of halogens is 2. The highest BCUT2D eigenvalue weighted by Crippen LogP contribution is 2.38. The molecule has 1 aromatic carbocycles. The maximum absolute atomic E-state index is 12.4. The number of aromatic hydroxyl groups is 1. The van der Waals surface area contributed by atoms with Crippen molar-refractivity contribution in [1.82, 2.24) is 0 Å². The van der Waals surface area contributed by atoms with Crippen LogP contribution >= 0.6 is 0 Å². The zero-order chi connectivity index (χ0) is 13.2. The number of phenolic OH excluding ortho intramolecular Hbond substituents is 1. The highest BCUT2D eigenvalue weighted by molar-refractivity contribution is 5.57. The van der Waals surface area contributed by atoms with Gasteiger partial charge in [0.2, 0.25) is 5.75 Å². The van der Waals surface area contributed by atoms with Crippen LogP contribution < -0.4 is 10.5 Å². The van der Waals surface area contributed by atoms with E-state index in [0.29, 0.717) is 0 Å². The summed E-state index contributed by atoms with van der Waals surface area (Å²) in [7, 11) is 1.15. The van der Waals surface area contributed by atoms with E-state index < -0.39 is 28.8 Å². The Hall–Kier alpha value is -1.96. The third-order valence-electron chi connectivity index (χ3n) is 2.15. The molecule has 8 heteroatoms. The summed E-state index contributed by atoms with van der Waals surface area (Å²) < 4.78 is 29.4. The Labute approximate surface area is 94.8 Å². The number of nitrogens with two attached hydrogens (primary N) is 1. The maximum atomic E-state index is 12.4. The molecule has 0 heterocycles. The molecule has 1 aromatic rings. The van der Waals surface area contributed by atoms with Gasteiger partial charge in [-0.05, 0) is 11.6 Å². The van der Waals surface area contributed by atoms with Gasteiger partial charge in [-0.3, -0.25) is 10.1 Å². The molecule has 0 aromatic heterocycles. The Bertz CT molecular complexity index is 439. The second-order valence-electron chi connectivity index (χ2n) is 3.21. The predicted octanol–water partition coefficient (Wildman–Crippen LogP) is 1.57. The number of nitrogens with zero attached hydrogens (tertiary/aromatic N) is 1. The van der Waals surface area contributed by atoms with Gasteiger partial charge in [0.15, 0.2) is 5.75 Å². The molecule has 0 saturated heterocycles. The average molecular weight is 248 g/mol. The summed E-state index contributed by atoms with van der Waals surface area (Å²) >= 11 is 0. The SMILES string of the molecule is COc1cc([C@@H](N)C(F)F)cc([N+](=O)[O-])c1O. The van der Waals surface area contributed by atoms with Crippen LogP contribution in [0.4, 0.5) is 14.5 Å². The van der Waals surface area contributed by atoms with Crippen LogP contribution in [-0.2, 0) is 0 Å². The van der Waals surface area contributed by atoms with Gasteiger partial charge < -0.3 is 15.6 Å². The lowest BCUT2D eigenvalue weighted by molar-refractivity contribution is -0.386. The number of benzene rings is 1. The predicted molar refractivity (Wildman–Crippen MR) is 54.2 cm³/mol. The molecule has 0 fully saturated rings. The Morgan fingerprint density at radius 1 is 1.53 bits per heavy atom. The van der Waals surface area contributed by atoms with Crippen LogP contribution in [0.15, 0.2) is 12.1 Å². The normalized spacial score (nSPS) is 12.5. The molecule has 0 aliphatic rings. The van der Waals surface area contributed by atoms with E-state index in [0.717, 1.165) is 19.2 Å². The van der Waals surface area contributed by atoms with Gasteiger partial charge in [-0.15, -0.1) is 0 Å². The molecule has 1 rings (SSSR count). The van der Waals surface area contributed by atoms with E-state index in [1.165, 1.54) is 0 Å². The molecule has 17 heavy (non-hydrogen) atoms. The molecule has 0 aliphatic heterocycles. The number of ether oxygens (including phenoxy) is 1. The topological polar surface area (TPSA) is 98.6 Å². The van der Waals surface area contributed by atoms with Crippen molar-refractivity contribution >= 4 is 5.69 Å². The van der Waals surface area contributed by atoms with Crippen LogP contribution in [-0.4, -0.2) is 23.6 Å². The van der Waals surface area contributed by atoms with E-state index in [1.807, 2.05) is 0 Å². The van der Waals surface area contributed by atoms with Gasteiger partial charge in [-0.2, -0.15) is 0 Å². The minimum absolute atomic E-state index is 0.179. The first-order valence-corrected chi connectivity index (χ1v) is 4.47. The smallest absolute Gasteiger partial charge is 0.314 e. The Morgan fingerprint density at radius 3 is 2.53 bits per heavy atom. The molecule has 0 spiro atoms. The zero-order valence-electron chi connectivity index (χ0n) is 8.76. The van der Waals surface area contributed by atoms with Crippen molar-refractivity contribution in [3.63, 3.8) is 0 Å². The van der Waals surface area contributed by atoms with Crippen molar-refractivity contribution in [2.24, 2.45) is 5.73 Å². The molecule has 0 radical (unpaired) electrons. The standard InChI is InChI=1S/C9H10F2N2O4/c1-17-6-3-4(7(12)9(10)11)2-5(8(6)14)13(15)16/h2-3,7,9,14H,12H2,1H3/t7-/m1/s1. The van der Waals surface area contributed by atoms with Crippen LogP contribution in [0.5, 0.6) is 11.5 Å². The van der Waals surface area contributed by atoms with Gasteiger partial charge in [0.1, 0.15) is 0 Å². The third-order valence-corrected chi connectivity index (χ3v) is 2.15. The third kappa shape index (κ3) is 2.59. The quantitative estimate of drug-likeness (QED) is 0.622. The van der Waals surface area contributed by atoms with Crippen molar-refractivity contribution < 1.29 is 23.5 Å². The van der Waals surface area contributed by atoms with E-state index in [2.05, 4.69) is 4.74 Å². The molecular formula is C9H10F2N2O4. The molecule has 0 amide bonds. The summed E-state index contributed by atoms with van der Waals surface area (Å²) in [6, 6.07) is 0.164. The lowest BCUT2D eigenvalue weighted by atomic mass is 10.1. The lowest BCUT2D eigenvalue weighted by Crippen LogP contribution is -2.19. The molecule has 0 aliphatic carbocycles. The first kappa shape index (κ1) is 13.1. The fraction of sp³-hybridized carbons (Fsp3) is 0.333. The van der Waals surface area contributed by atoms with Crippen LogP contribution in [0.25, 0.3) is 0 Å². The number of rotatable bonds is 4. The molecule has 94 valence electrons. The summed E-state index contributed by atoms with van der Waals surface area (Å²) in [5.41, 5.74) is 4.26. The van der Waals surface area contributed by atoms with E-state index in [-0.39, 0.29) is 11.3 Å². The maximum Gasteiger partial charge on any atom is 0.314 e. The fourth-order valence-corrected chi connectivity index (χ4v) is 1.25. The molecule has 0 bridgehead atoms. The molecule has 0 saturated carbocycles. The molecular weight excluding hydrogens is 238 g/mol. The van der Waals surface area contributed by atoms with Gasteiger partial charge in [-0.1, -0.05) is 0 Å². The number of phenols is 1. The molecule has 0 unspecified atom stereocenters. The van der Waals surface area contributed by atoms with E-state index in [9.17, 15) is 24.0 Å². The van der Waals surface area contributed by atoms with Crippen LogP contribution in [0.3, 0.4) is 0 Å². The van der Waals surface area contributed by atoms with Crippen molar-refractivity contribution in [2.75, 3.05) is 7.11 Å². The summed E-state index contributed by atoms with van der Waals surface area (Å²) in [6.45, 7) is 0. The highest BCUT2D eigenvalue weighted by atomic mass is 19.3. The minimum atomic E-state index is -2.87. The van der Waals surface area contributed by atoms with Crippen LogP contribution in [0, 0.1) is 10.1 Å². The molecule has 6 nitrogen and oxygen atoms in total. The fourth-order valence-electron chi connectivity index (χ4n) is 1.25. The minimum Gasteiger partial charge on any atom is -0.500 e. The van der Waals surface area contributed by atoms with Crippen molar-refractivity contribution in [3.05, 3.63) is 27.8 Å². The van der Waals surface area contributed by atoms with Crippen LogP contribution in [0.2, 0.25) is 0 Å². The molecule has 3 N–H and O–H groups in total. The van der Waals surface area contributed by atoms with Gasteiger partial charge in [0, 0.05) is 6.07 Å². The van der Waals surface area contributed by atoms with Crippen molar-refractivity contribution in [1.29, 1.82) is 0 Å².